The minimum Gasteiger partial charge on any atom is -0.347 e. The normalized spacial score (nSPS) is 11.4. The van der Waals surface area contributed by atoms with Crippen LogP contribution in [0.3, 0.4) is 0 Å². The third-order valence-corrected chi connectivity index (χ3v) is 4.03. The molecule has 0 heterocycles. The Morgan fingerprint density at radius 3 is 2.07 bits per heavy atom. The lowest BCUT2D eigenvalue weighted by atomic mass is 10.0. The van der Waals surface area contributed by atoms with Gasteiger partial charge in [-0.1, -0.05) is 60.7 Å². The van der Waals surface area contributed by atoms with Crippen LogP contribution in [0, 0.1) is 0 Å². The van der Waals surface area contributed by atoms with Crippen LogP contribution in [0.25, 0.3) is 0 Å². The van der Waals surface area contributed by atoms with Gasteiger partial charge in [0.05, 0.1) is 6.54 Å². The molecule has 0 aliphatic carbocycles. The van der Waals surface area contributed by atoms with E-state index in [0.717, 1.165) is 11.1 Å². The standard InChI is InChI=1S/C21H23FN2O3/c22-14-18(25)15-23-21(27)19(13-17-9-5-2-6-10-17)24-20(26)12-11-16-7-3-1-4-8-16/h1-10,19H,11-15H2,(H,23,27)(H,24,26)/t19-/m0/s1. The highest BCUT2D eigenvalue weighted by Crippen LogP contribution is 2.06. The Kier molecular flexibility index (Phi) is 8.16. The van der Waals surface area contributed by atoms with Crippen LogP contribution in [0.5, 0.6) is 0 Å². The third kappa shape index (κ3) is 7.40. The maximum Gasteiger partial charge on any atom is 0.243 e. The zero-order chi connectivity index (χ0) is 19.5. The molecule has 0 unspecified atom stereocenters. The van der Waals surface area contributed by atoms with E-state index in [1.165, 1.54) is 0 Å². The lowest BCUT2D eigenvalue weighted by molar-refractivity contribution is -0.130. The van der Waals surface area contributed by atoms with Crippen LogP contribution in [-0.4, -0.2) is 36.9 Å². The molecule has 0 aliphatic heterocycles. The van der Waals surface area contributed by atoms with E-state index in [4.69, 9.17) is 0 Å². The van der Waals surface area contributed by atoms with E-state index in [-0.39, 0.29) is 25.3 Å². The van der Waals surface area contributed by atoms with Crippen LogP contribution in [0.1, 0.15) is 17.5 Å². The van der Waals surface area contributed by atoms with E-state index in [2.05, 4.69) is 10.6 Å². The summed E-state index contributed by atoms with van der Waals surface area (Å²) in [5.74, 6) is -1.47. The van der Waals surface area contributed by atoms with E-state index >= 15 is 0 Å². The molecular formula is C21H23FN2O3. The highest BCUT2D eigenvalue weighted by atomic mass is 19.1. The second kappa shape index (κ2) is 10.9. The topological polar surface area (TPSA) is 75.3 Å². The Morgan fingerprint density at radius 1 is 0.889 bits per heavy atom. The molecule has 6 heteroatoms. The van der Waals surface area contributed by atoms with Gasteiger partial charge in [0.15, 0.2) is 5.78 Å². The molecule has 5 nitrogen and oxygen atoms in total. The molecule has 0 fully saturated rings. The minimum absolute atomic E-state index is 0.242. The number of nitrogens with one attached hydrogen (secondary N) is 2. The zero-order valence-electron chi connectivity index (χ0n) is 15.0. The fourth-order valence-corrected chi connectivity index (χ4v) is 2.58. The Labute approximate surface area is 158 Å². The van der Waals surface area contributed by atoms with Gasteiger partial charge in [0.1, 0.15) is 12.7 Å². The van der Waals surface area contributed by atoms with Crippen molar-refractivity contribution in [3.8, 4) is 0 Å². The van der Waals surface area contributed by atoms with Crippen LogP contribution in [-0.2, 0) is 27.2 Å². The first-order chi connectivity index (χ1) is 13.1. The molecule has 142 valence electrons. The first-order valence-electron chi connectivity index (χ1n) is 8.81. The maximum absolute atomic E-state index is 12.4. The summed E-state index contributed by atoms with van der Waals surface area (Å²) in [6.07, 6.45) is 1.09. The third-order valence-electron chi connectivity index (χ3n) is 4.03. The molecular weight excluding hydrogens is 347 g/mol. The highest BCUT2D eigenvalue weighted by Gasteiger charge is 2.21. The van der Waals surface area contributed by atoms with Gasteiger partial charge in [0.2, 0.25) is 11.8 Å². The average Bonchev–Trinajstić information content (AvgIpc) is 2.71. The van der Waals surface area contributed by atoms with Crippen molar-refractivity contribution in [2.24, 2.45) is 0 Å². The number of hydrogen-bond acceptors (Lipinski definition) is 3. The molecule has 0 saturated carbocycles. The quantitative estimate of drug-likeness (QED) is 0.672. The molecule has 27 heavy (non-hydrogen) atoms. The number of rotatable bonds is 10. The van der Waals surface area contributed by atoms with Crippen molar-refractivity contribution < 1.29 is 18.8 Å². The molecule has 2 aromatic carbocycles. The molecule has 2 N–H and O–H groups in total. The van der Waals surface area contributed by atoms with Gasteiger partial charge in [0.25, 0.3) is 0 Å². The summed E-state index contributed by atoms with van der Waals surface area (Å²) in [6.45, 7) is -1.52. The monoisotopic (exact) mass is 370 g/mol. The van der Waals surface area contributed by atoms with Crippen molar-refractivity contribution in [1.29, 1.82) is 0 Å². The Balaban J connectivity index is 1.96. The number of hydrogen-bond donors (Lipinski definition) is 2. The Bertz CT molecular complexity index is 751. The predicted octanol–water partition coefficient (Wildman–Crippen LogP) is 2.00. The summed E-state index contributed by atoms with van der Waals surface area (Å²) in [5.41, 5.74) is 1.91. The van der Waals surface area contributed by atoms with Crippen molar-refractivity contribution in [2.45, 2.75) is 25.3 Å². The largest absolute Gasteiger partial charge is 0.347 e. The van der Waals surface area contributed by atoms with Gasteiger partial charge in [-0.15, -0.1) is 0 Å². The fourth-order valence-electron chi connectivity index (χ4n) is 2.58. The highest BCUT2D eigenvalue weighted by molar-refractivity contribution is 5.91. The SMILES string of the molecule is O=C(CF)CNC(=O)[C@H](Cc1ccccc1)NC(=O)CCc1ccccc1. The Hall–Kier alpha value is -3.02. The molecule has 2 aromatic rings. The summed E-state index contributed by atoms with van der Waals surface area (Å²) in [7, 11) is 0. The van der Waals surface area contributed by atoms with Gasteiger partial charge in [-0.05, 0) is 17.5 Å². The van der Waals surface area contributed by atoms with Gasteiger partial charge in [-0.3, -0.25) is 14.4 Å². The molecule has 1 atom stereocenters. The molecule has 2 rings (SSSR count). The smallest absolute Gasteiger partial charge is 0.243 e. The number of aryl methyl sites for hydroxylation is 1. The lowest BCUT2D eigenvalue weighted by Gasteiger charge is -2.18. The number of carbonyl (C=O) groups is 3. The predicted molar refractivity (Wildman–Crippen MR) is 101 cm³/mol. The lowest BCUT2D eigenvalue weighted by Crippen LogP contribution is -2.49. The summed E-state index contributed by atoms with van der Waals surface area (Å²) in [4.78, 5) is 35.8. The summed E-state index contributed by atoms with van der Waals surface area (Å²) in [5, 5.41) is 5.11. The first-order valence-corrected chi connectivity index (χ1v) is 8.81. The van der Waals surface area contributed by atoms with Gasteiger partial charge in [-0.25, -0.2) is 4.39 Å². The van der Waals surface area contributed by atoms with Gasteiger partial charge < -0.3 is 10.6 Å². The van der Waals surface area contributed by atoms with E-state index in [9.17, 15) is 18.8 Å². The fraction of sp³-hybridized carbons (Fsp3) is 0.286. The molecule has 0 saturated heterocycles. The van der Waals surface area contributed by atoms with E-state index in [1.807, 2.05) is 60.7 Å². The van der Waals surface area contributed by atoms with E-state index in [1.54, 1.807) is 0 Å². The van der Waals surface area contributed by atoms with Crippen molar-refractivity contribution in [2.75, 3.05) is 13.2 Å². The van der Waals surface area contributed by atoms with Crippen molar-refractivity contribution in [3.05, 3.63) is 71.8 Å². The number of alkyl halides is 1. The Morgan fingerprint density at radius 2 is 1.48 bits per heavy atom. The van der Waals surface area contributed by atoms with E-state index < -0.39 is 24.4 Å². The van der Waals surface area contributed by atoms with Crippen molar-refractivity contribution >= 4 is 17.6 Å². The van der Waals surface area contributed by atoms with Crippen molar-refractivity contribution in [3.63, 3.8) is 0 Å². The van der Waals surface area contributed by atoms with E-state index in [0.29, 0.717) is 6.42 Å². The van der Waals surface area contributed by atoms with Crippen LogP contribution in [0.15, 0.2) is 60.7 Å². The molecule has 0 radical (unpaired) electrons. The number of amides is 2. The second-order valence-corrected chi connectivity index (χ2v) is 6.19. The number of ketones is 1. The van der Waals surface area contributed by atoms with Crippen LogP contribution in [0.2, 0.25) is 0 Å². The first kappa shape index (κ1) is 20.3. The minimum atomic E-state index is -1.13. The number of benzene rings is 2. The van der Waals surface area contributed by atoms with Crippen LogP contribution in [0.4, 0.5) is 4.39 Å². The number of halogens is 1. The number of carbonyl (C=O) groups excluding carboxylic acids is 3. The molecule has 0 aliphatic rings. The van der Waals surface area contributed by atoms with Crippen LogP contribution >= 0.6 is 0 Å². The van der Waals surface area contributed by atoms with Gasteiger partial charge in [0, 0.05) is 12.8 Å². The number of Topliss-reactive ketones (excluding diaryl/α,β-unsaturated/α-hetero) is 1. The molecule has 0 aromatic heterocycles. The van der Waals surface area contributed by atoms with Crippen molar-refractivity contribution in [1.82, 2.24) is 10.6 Å². The summed E-state index contributed by atoms with van der Waals surface area (Å²) in [6, 6.07) is 18.0. The summed E-state index contributed by atoms with van der Waals surface area (Å²) < 4.78 is 12.3. The molecule has 0 spiro atoms. The average molecular weight is 370 g/mol. The van der Waals surface area contributed by atoms with Gasteiger partial charge in [-0.2, -0.15) is 0 Å². The van der Waals surface area contributed by atoms with Crippen LogP contribution < -0.4 is 10.6 Å². The summed E-state index contributed by atoms with van der Waals surface area (Å²) >= 11 is 0. The zero-order valence-corrected chi connectivity index (χ0v) is 15.0. The maximum atomic E-state index is 12.4. The van der Waals surface area contributed by atoms with Gasteiger partial charge >= 0.3 is 0 Å². The second-order valence-electron chi connectivity index (χ2n) is 6.19. The molecule has 2 amide bonds. The molecule has 0 bridgehead atoms.